The Kier molecular flexibility index (Phi) is 7.65. The first-order chi connectivity index (χ1) is 22.2. The molecular formula is C40H31N5. The Balaban J connectivity index is 1.44. The molecule has 0 amide bonds. The van der Waals surface area contributed by atoms with E-state index in [9.17, 15) is 0 Å². The van der Waals surface area contributed by atoms with E-state index in [0.717, 1.165) is 55.9 Å². The van der Waals surface area contributed by atoms with Crippen molar-refractivity contribution >= 4 is 28.8 Å². The maximum absolute atomic E-state index is 9.02. The van der Waals surface area contributed by atoms with Gasteiger partial charge < -0.3 is 10.7 Å². The molecule has 2 N–H and O–H groups in total. The number of nitrogens with one attached hydrogen (secondary N) is 2. The average molecular weight is 582 g/mol. The monoisotopic (exact) mass is 581 g/mol. The van der Waals surface area contributed by atoms with Gasteiger partial charge in [-0.3, -0.25) is 0 Å². The lowest BCUT2D eigenvalue weighted by Gasteiger charge is -2.26. The van der Waals surface area contributed by atoms with Gasteiger partial charge in [0.2, 0.25) is 0 Å². The van der Waals surface area contributed by atoms with E-state index in [2.05, 4.69) is 53.9 Å². The molecule has 5 nitrogen and oxygen atoms in total. The Morgan fingerprint density at radius 1 is 0.578 bits per heavy atom. The van der Waals surface area contributed by atoms with Crippen LogP contribution in [-0.4, -0.2) is 20.7 Å². The molecule has 0 spiro atoms. The summed E-state index contributed by atoms with van der Waals surface area (Å²) in [6.07, 6.45) is 2.79. The number of rotatable bonds is 7. The molecule has 0 bridgehead atoms. The highest BCUT2D eigenvalue weighted by Gasteiger charge is 2.23. The standard InChI is InChI=1S/C40H31N5/c1-2-34(41)36(28-17-9-4-10-18-28)37-33-24-23-31(25-32(33)26-35(42-37)27-15-7-3-8-16-27)40-44-38(29-19-11-5-12-20-29)43-39(45-40)30-21-13-6-14-22-30/h3-26,41-42H,2H2,1H3/b37-36-,41-34?. The summed E-state index contributed by atoms with van der Waals surface area (Å²) in [5.41, 5.74) is 10.2. The fraction of sp³-hybridized carbons (Fsp3) is 0.0500. The number of benzene rings is 5. The van der Waals surface area contributed by atoms with Gasteiger partial charge in [-0.1, -0.05) is 140 Å². The zero-order chi connectivity index (χ0) is 30.6. The zero-order valence-electron chi connectivity index (χ0n) is 24.9. The highest BCUT2D eigenvalue weighted by atomic mass is 15.0. The maximum atomic E-state index is 9.02. The molecule has 2 heterocycles. The van der Waals surface area contributed by atoms with E-state index in [0.29, 0.717) is 29.6 Å². The molecule has 216 valence electrons. The zero-order valence-corrected chi connectivity index (χ0v) is 24.9. The van der Waals surface area contributed by atoms with Crippen molar-refractivity contribution in [3.8, 4) is 34.2 Å². The Morgan fingerprint density at radius 2 is 1.07 bits per heavy atom. The van der Waals surface area contributed by atoms with Crippen LogP contribution in [-0.2, 0) is 0 Å². The summed E-state index contributed by atoms with van der Waals surface area (Å²) in [7, 11) is 0. The van der Waals surface area contributed by atoms with E-state index in [-0.39, 0.29) is 0 Å². The first-order valence-electron chi connectivity index (χ1n) is 15.1. The van der Waals surface area contributed by atoms with Gasteiger partial charge in [0.15, 0.2) is 17.5 Å². The van der Waals surface area contributed by atoms with Crippen LogP contribution in [0.1, 0.15) is 35.6 Å². The number of hydrogen-bond donors (Lipinski definition) is 2. The minimum absolute atomic E-state index is 0.575. The molecule has 1 aliphatic heterocycles. The molecule has 5 heteroatoms. The van der Waals surface area contributed by atoms with Crippen LogP contribution in [0, 0.1) is 5.41 Å². The Bertz CT molecular complexity index is 1990. The Labute approximate surface area is 263 Å². The first kappa shape index (κ1) is 27.9. The van der Waals surface area contributed by atoms with E-state index in [1.165, 1.54) is 0 Å². The van der Waals surface area contributed by atoms with E-state index in [1.54, 1.807) is 0 Å². The van der Waals surface area contributed by atoms with Crippen LogP contribution in [0.15, 0.2) is 140 Å². The summed E-state index contributed by atoms with van der Waals surface area (Å²) >= 11 is 0. The predicted octanol–water partition coefficient (Wildman–Crippen LogP) is 9.27. The largest absolute Gasteiger partial charge is 0.354 e. The van der Waals surface area contributed by atoms with Crippen molar-refractivity contribution in [3.05, 3.63) is 162 Å². The van der Waals surface area contributed by atoms with Crippen LogP contribution < -0.4 is 5.32 Å². The van der Waals surface area contributed by atoms with Crippen LogP contribution in [0.4, 0.5) is 0 Å². The molecular weight excluding hydrogens is 550 g/mol. The van der Waals surface area contributed by atoms with Crippen LogP contribution in [0.5, 0.6) is 0 Å². The minimum Gasteiger partial charge on any atom is -0.354 e. The second kappa shape index (κ2) is 12.3. The summed E-state index contributed by atoms with van der Waals surface area (Å²) in [5, 5.41) is 12.7. The highest BCUT2D eigenvalue weighted by Crippen LogP contribution is 2.37. The van der Waals surface area contributed by atoms with Gasteiger partial charge in [-0.25, -0.2) is 15.0 Å². The highest BCUT2D eigenvalue weighted by molar-refractivity contribution is 6.30. The molecule has 1 aliphatic rings. The van der Waals surface area contributed by atoms with Crippen molar-refractivity contribution in [3.63, 3.8) is 0 Å². The SMILES string of the molecule is CCC(=N)/C(=C1\NC(c2ccccc2)=Cc2cc(-c3nc(-c4ccccc4)nc(-c4ccccc4)n3)ccc21)c1ccccc1. The van der Waals surface area contributed by atoms with Crippen molar-refractivity contribution in [1.29, 1.82) is 5.41 Å². The second-order valence-electron chi connectivity index (χ2n) is 10.8. The van der Waals surface area contributed by atoms with Crippen molar-refractivity contribution in [2.45, 2.75) is 13.3 Å². The first-order valence-corrected chi connectivity index (χ1v) is 15.1. The summed E-state index contributed by atoms with van der Waals surface area (Å²) in [6.45, 7) is 2.03. The lowest BCUT2D eigenvalue weighted by molar-refractivity contribution is 1.07. The molecule has 0 fully saturated rings. The van der Waals surface area contributed by atoms with E-state index >= 15 is 0 Å². The molecule has 45 heavy (non-hydrogen) atoms. The summed E-state index contributed by atoms with van der Waals surface area (Å²) in [4.78, 5) is 14.8. The third-order valence-corrected chi connectivity index (χ3v) is 7.89. The maximum Gasteiger partial charge on any atom is 0.164 e. The lowest BCUT2D eigenvalue weighted by atomic mass is 9.88. The molecule has 0 saturated carbocycles. The molecule has 0 atom stereocenters. The Morgan fingerprint density at radius 3 is 1.60 bits per heavy atom. The van der Waals surface area contributed by atoms with Gasteiger partial charge in [-0.05, 0) is 35.3 Å². The number of nitrogens with zero attached hydrogens (tertiary/aromatic N) is 3. The molecule has 6 aromatic rings. The van der Waals surface area contributed by atoms with E-state index < -0.39 is 0 Å². The summed E-state index contributed by atoms with van der Waals surface area (Å²) < 4.78 is 0. The van der Waals surface area contributed by atoms with Crippen molar-refractivity contribution in [1.82, 2.24) is 20.3 Å². The smallest absolute Gasteiger partial charge is 0.164 e. The van der Waals surface area contributed by atoms with Crippen LogP contribution in [0.25, 0.3) is 57.2 Å². The van der Waals surface area contributed by atoms with Gasteiger partial charge in [0.05, 0.1) is 5.70 Å². The average Bonchev–Trinajstić information content (AvgIpc) is 3.12. The fourth-order valence-electron chi connectivity index (χ4n) is 5.60. The fourth-order valence-corrected chi connectivity index (χ4v) is 5.60. The molecule has 1 aromatic heterocycles. The van der Waals surface area contributed by atoms with Gasteiger partial charge in [0.1, 0.15) is 0 Å². The summed E-state index contributed by atoms with van der Waals surface area (Å²) in [5.74, 6) is 1.86. The Hall–Kier alpha value is -5.94. The van der Waals surface area contributed by atoms with Crippen molar-refractivity contribution < 1.29 is 0 Å². The van der Waals surface area contributed by atoms with Crippen LogP contribution in [0.3, 0.4) is 0 Å². The topological polar surface area (TPSA) is 74.6 Å². The minimum atomic E-state index is 0.575. The quantitative estimate of drug-likeness (QED) is 0.184. The van der Waals surface area contributed by atoms with Gasteiger partial charge in [-0.15, -0.1) is 0 Å². The number of allylic oxidation sites excluding steroid dienone is 1. The predicted molar refractivity (Wildman–Crippen MR) is 185 cm³/mol. The number of fused-ring (bicyclic) bond motifs is 1. The third kappa shape index (κ3) is 5.71. The van der Waals surface area contributed by atoms with Gasteiger partial charge in [0.25, 0.3) is 0 Å². The number of hydrogen-bond acceptors (Lipinski definition) is 5. The van der Waals surface area contributed by atoms with Crippen molar-refractivity contribution in [2.24, 2.45) is 0 Å². The molecule has 0 saturated heterocycles. The molecule has 5 aromatic carbocycles. The molecule has 7 rings (SSSR count). The second-order valence-corrected chi connectivity index (χ2v) is 10.8. The van der Waals surface area contributed by atoms with Crippen LogP contribution >= 0.6 is 0 Å². The van der Waals surface area contributed by atoms with Gasteiger partial charge in [-0.2, -0.15) is 0 Å². The normalized spacial score (nSPS) is 13.3. The molecule has 0 radical (unpaired) electrons. The van der Waals surface area contributed by atoms with Gasteiger partial charge >= 0.3 is 0 Å². The van der Waals surface area contributed by atoms with E-state index in [4.69, 9.17) is 20.4 Å². The molecule has 0 aliphatic carbocycles. The van der Waals surface area contributed by atoms with E-state index in [1.807, 2.05) is 104 Å². The van der Waals surface area contributed by atoms with Crippen LogP contribution in [0.2, 0.25) is 0 Å². The third-order valence-electron chi connectivity index (χ3n) is 7.89. The number of aromatic nitrogens is 3. The molecule has 0 unspecified atom stereocenters. The lowest BCUT2D eigenvalue weighted by Crippen LogP contribution is -2.20. The summed E-state index contributed by atoms with van der Waals surface area (Å²) in [6, 6.07) is 46.9. The van der Waals surface area contributed by atoms with Gasteiger partial charge in [0, 0.05) is 39.2 Å². The van der Waals surface area contributed by atoms with Crippen molar-refractivity contribution in [2.75, 3.05) is 0 Å².